The van der Waals surface area contributed by atoms with E-state index in [2.05, 4.69) is 5.32 Å². The number of fused-ring (bicyclic) bond motifs is 4. The van der Waals surface area contributed by atoms with Gasteiger partial charge in [0.05, 0.1) is 5.69 Å². The normalized spacial score (nSPS) is 15.8. The van der Waals surface area contributed by atoms with Crippen LogP contribution in [0.2, 0.25) is 0 Å². The highest BCUT2D eigenvalue weighted by atomic mass is 35.5. The molecule has 4 N–H and O–H groups in total. The minimum atomic E-state index is -0.198. The molecule has 2 amide bonds. The van der Waals surface area contributed by atoms with Gasteiger partial charge in [0.1, 0.15) is 5.75 Å². The van der Waals surface area contributed by atoms with Crippen molar-refractivity contribution in [2.24, 2.45) is 0 Å². The van der Waals surface area contributed by atoms with Crippen molar-refractivity contribution in [3.8, 4) is 5.75 Å². The van der Waals surface area contributed by atoms with E-state index in [0.717, 1.165) is 33.0 Å². The van der Waals surface area contributed by atoms with Gasteiger partial charge in [-0.25, -0.2) is 0 Å². The Balaban J connectivity index is 1.31. The molecule has 1 aliphatic carbocycles. The Bertz CT molecular complexity index is 1680. The molecule has 2 aliphatic rings. The molecule has 7 heteroatoms. The largest absolute Gasteiger partial charge is 0.507 e. The lowest BCUT2D eigenvalue weighted by molar-refractivity contribution is -0.112. The summed E-state index contributed by atoms with van der Waals surface area (Å²) >= 11 is 6.38. The molecule has 0 saturated heterocycles. The summed E-state index contributed by atoms with van der Waals surface area (Å²) < 4.78 is 0. The van der Waals surface area contributed by atoms with E-state index in [1.165, 1.54) is 0 Å². The predicted molar refractivity (Wildman–Crippen MR) is 153 cm³/mol. The Morgan fingerprint density at radius 1 is 1.11 bits per heavy atom. The third-order valence-corrected chi connectivity index (χ3v) is 7.81. The standard InChI is InChI=1S/C31H26ClN3O3/c1-17-4-2-7-25-27(36)14-26-29(28(17)25)22(15-32)16-35(26)31(38)19-9-8-18-10-21(12-20(18)11-19)30(37)34-24-6-3-5-23(33)13-24/h2-9,11-14,22,36H,10,15-16,33H2,1H3,(H,34,37)/t22-/m1/s1. The fourth-order valence-corrected chi connectivity index (χ4v) is 5.87. The number of anilines is 3. The summed E-state index contributed by atoms with van der Waals surface area (Å²) in [5.41, 5.74) is 12.7. The molecule has 0 saturated carbocycles. The van der Waals surface area contributed by atoms with E-state index in [9.17, 15) is 14.7 Å². The number of amides is 2. The molecule has 190 valence electrons. The quantitative estimate of drug-likeness (QED) is 0.226. The van der Waals surface area contributed by atoms with Crippen LogP contribution in [0.4, 0.5) is 17.1 Å². The number of carbonyl (C=O) groups excluding carboxylic acids is 2. The number of halogens is 1. The van der Waals surface area contributed by atoms with Crippen LogP contribution in [0.1, 0.15) is 38.5 Å². The summed E-state index contributed by atoms with van der Waals surface area (Å²) in [6.07, 6.45) is 2.31. The number of hydrogen-bond donors (Lipinski definition) is 3. The van der Waals surface area contributed by atoms with Crippen molar-refractivity contribution in [2.45, 2.75) is 19.3 Å². The predicted octanol–water partition coefficient (Wildman–Crippen LogP) is 6.00. The topological polar surface area (TPSA) is 95.7 Å². The number of phenols is 1. The molecule has 1 atom stereocenters. The van der Waals surface area contributed by atoms with Crippen molar-refractivity contribution < 1.29 is 14.7 Å². The summed E-state index contributed by atoms with van der Waals surface area (Å²) in [5, 5.41) is 15.4. The van der Waals surface area contributed by atoms with E-state index in [1.54, 1.807) is 41.3 Å². The number of nitrogen functional groups attached to an aromatic ring is 1. The third-order valence-electron chi connectivity index (χ3n) is 7.44. The Kier molecular flexibility index (Phi) is 5.84. The molecule has 1 aliphatic heterocycles. The molecule has 6 nitrogen and oxygen atoms in total. The van der Waals surface area contributed by atoms with E-state index >= 15 is 0 Å². The van der Waals surface area contributed by atoms with Crippen LogP contribution < -0.4 is 16.0 Å². The fourth-order valence-electron chi connectivity index (χ4n) is 5.61. The van der Waals surface area contributed by atoms with Crippen molar-refractivity contribution in [3.05, 3.63) is 100 Å². The number of nitrogens with zero attached hydrogens (tertiary/aromatic N) is 1. The molecule has 38 heavy (non-hydrogen) atoms. The van der Waals surface area contributed by atoms with Gasteiger partial charge in [-0.3, -0.25) is 9.59 Å². The van der Waals surface area contributed by atoms with Gasteiger partial charge in [0.25, 0.3) is 11.8 Å². The average Bonchev–Trinajstić information content (AvgIpc) is 3.49. The van der Waals surface area contributed by atoms with Crippen LogP contribution in [-0.4, -0.2) is 29.3 Å². The number of nitrogens with one attached hydrogen (secondary N) is 1. The van der Waals surface area contributed by atoms with Crippen molar-refractivity contribution in [1.82, 2.24) is 0 Å². The Hall–Kier alpha value is -4.29. The Morgan fingerprint density at radius 2 is 1.92 bits per heavy atom. The van der Waals surface area contributed by atoms with E-state index in [4.69, 9.17) is 17.3 Å². The molecule has 6 rings (SSSR count). The van der Waals surface area contributed by atoms with Gasteiger partial charge < -0.3 is 21.1 Å². The van der Waals surface area contributed by atoms with Crippen molar-refractivity contribution in [3.63, 3.8) is 0 Å². The van der Waals surface area contributed by atoms with Gasteiger partial charge in [0.2, 0.25) is 0 Å². The summed E-state index contributed by atoms with van der Waals surface area (Å²) in [6.45, 7) is 2.44. The number of hydrogen-bond acceptors (Lipinski definition) is 4. The zero-order valence-corrected chi connectivity index (χ0v) is 21.5. The van der Waals surface area contributed by atoms with E-state index in [0.29, 0.717) is 47.0 Å². The Morgan fingerprint density at radius 3 is 2.71 bits per heavy atom. The maximum Gasteiger partial charge on any atom is 0.258 e. The molecular weight excluding hydrogens is 498 g/mol. The van der Waals surface area contributed by atoms with Crippen molar-refractivity contribution in [1.29, 1.82) is 0 Å². The maximum absolute atomic E-state index is 13.8. The number of carbonyl (C=O) groups is 2. The average molecular weight is 524 g/mol. The number of rotatable bonds is 4. The molecule has 0 spiro atoms. The highest BCUT2D eigenvalue weighted by Crippen LogP contribution is 2.46. The first-order chi connectivity index (χ1) is 18.3. The van der Waals surface area contributed by atoms with Gasteiger partial charge in [0.15, 0.2) is 0 Å². The van der Waals surface area contributed by atoms with Crippen LogP contribution in [0.15, 0.2) is 72.3 Å². The van der Waals surface area contributed by atoms with Crippen LogP contribution in [0.3, 0.4) is 0 Å². The number of nitrogens with two attached hydrogens (primary N) is 1. The van der Waals surface area contributed by atoms with Gasteiger partial charge in [-0.2, -0.15) is 0 Å². The van der Waals surface area contributed by atoms with E-state index < -0.39 is 0 Å². The van der Waals surface area contributed by atoms with Crippen LogP contribution in [0, 0.1) is 6.92 Å². The molecule has 1 heterocycles. The molecule has 0 aromatic heterocycles. The minimum Gasteiger partial charge on any atom is -0.507 e. The second kappa shape index (κ2) is 9.23. The van der Waals surface area contributed by atoms with Gasteiger partial charge in [0, 0.05) is 58.7 Å². The van der Waals surface area contributed by atoms with Crippen molar-refractivity contribution >= 4 is 57.3 Å². The SMILES string of the molecule is Cc1cccc2c(O)cc3c(c12)[C@H](CCl)CN3C(=O)c1ccc2c(c1)C=C(C(=O)Nc1cccc(N)c1)C2. The molecule has 0 unspecified atom stereocenters. The highest BCUT2D eigenvalue weighted by molar-refractivity contribution is 6.19. The lowest BCUT2D eigenvalue weighted by atomic mass is 9.92. The number of alkyl halides is 1. The van der Waals surface area contributed by atoms with Crippen LogP contribution in [0.25, 0.3) is 16.8 Å². The summed E-state index contributed by atoms with van der Waals surface area (Å²) in [5.74, 6) is 0.0965. The van der Waals surface area contributed by atoms with Crippen LogP contribution in [-0.2, 0) is 11.2 Å². The van der Waals surface area contributed by atoms with Crippen LogP contribution in [0.5, 0.6) is 5.75 Å². The van der Waals surface area contributed by atoms with Gasteiger partial charge in [-0.05, 0) is 71.0 Å². The molecular formula is C31H26ClN3O3. The molecule has 0 bridgehead atoms. The minimum absolute atomic E-state index is 0.0449. The first-order valence-corrected chi connectivity index (χ1v) is 13.0. The summed E-state index contributed by atoms with van der Waals surface area (Å²) in [6, 6.07) is 20.1. The van der Waals surface area contributed by atoms with Crippen LogP contribution >= 0.6 is 11.6 Å². The van der Waals surface area contributed by atoms with E-state index in [1.807, 2.05) is 43.3 Å². The smallest absolute Gasteiger partial charge is 0.258 e. The molecule has 4 aromatic carbocycles. The van der Waals surface area contributed by atoms with E-state index in [-0.39, 0.29) is 23.5 Å². The zero-order valence-electron chi connectivity index (χ0n) is 20.8. The second-order valence-electron chi connectivity index (χ2n) is 9.93. The summed E-state index contributed by atoms with van der Waals surface area (Å²) in [7, 11) is 0. The van der Waals surface area contributed by atoms with Gasteiger partial charge >= 0.3 is 0 Å². The number of phenolic OH excluding ortho intramolecular Hbond substituents is 1. The molecule has 4 aromatic rings. The second-order valence-corrected chi connectivity index (χ2v) is 10.2. The monoisotopic (exact) mass is 523 g/mol. The highest BCUT2D eigenvalue weighted by Gasteiger charge is 2.35. The maximum atomic E-state index is 13.8. The number of aryl methyl sites for hydroxylation is 1. The number of aromatic hydroxyl groups is 1. The Labute approximate surface area is 225 Å². The lowest BCUT2D eigenvalue weighted by Gasteiger charge is -2.19. The summed E-state index contributed by atoms with van der Waals surface area (Å²) in [4.78, 5) is 28.4. The van der Waals surface area contributed by atoms with Gasteiger partial charge in [-0.15, -0.1) is 11.6 Å². The first-order valence-electron chi connectivity index (χ1n) is 12.5. The zero-order chi connectivity index (χ0) is 26.6. The third kappa shape index (κ3) is 3.98. The fraction of sp³-hybridized carbons (Fsp3) is 0.161. The lowest BCUT2D eigenvalue weighted by Crippen LogP contribution is -2.30. The van der Waals surface area contributed by atoms with Crippen molar-refractivity contribution in [2.75, 3.05) is 28.4 Å². The first kappa shape index (κ1) is 24.1. The molecule has 0 radical (unpaired) electrons. The number of benzene rings is 4. The van der Waals surface area contributed by atoms with Gasteiger partial charge in [-0.1, -0.05) is 30.3 Å². The molecule has 0 fully saturated rings.